The molecule has 110 valence electrons. The maximum atomic E-state index is 11.8. The van der Waals surface area contributed by atoms with Gasteiger partial charge in [0, 0.05) is 4.47 Å². The van der Waals surface area contributed by atoms with E-state index in [2.05, 4.69) is 15.9 Å². The molecule has 0 aromatic heterocycles. The highest BCUT2D eigenvalue weighted by molar-refractivity contribution is 9.10. The van der Waals surface area contributed by atoms with Crippen molar-refractivity contribution in [2.24, 2.45) is 0 Å². The Morgan fingerprint density at radius 3 is 2.38 bits per heavy atom. The van der Waals surface area contributed by atoms with Crippen molar-refractivity contribution in [2.75, 3.05) is 12.8 Å². The summed E-state index contributed by atoms with van der Waals surface area (Å²) in [5.74, 6) is 0.449. The van der Waals surface area contributed by atoms with Gasteiger partial charge in [-0.25, -0.2) is 4.79 Å². The Balaban J connectivity index is 2.47. The number of para-hydroxylation sites is 1. The van der Waals surface area contributed by atoms with E-state index in [1.807, 2.05) is 26.0 Å². The zero-order valence-electron chi connectivity index (χ0n) is 12.1. The van der Waals surface area contributed by atoms with Gasteiger partial charge in [-0.1, -0.05) is 22.0 Å². The molecule has 0 aliphatic carbocycles. The summed E-state index contributed by atoms with van der Waals surface area (Å²) in [4.78, 5) is 11.8. The predicted octanol–water partition coefficient (Wildman–Crippen LogP) is 4.23. The highest BCUT2D eigenvalue weighted by atomic mass is 79.9. The zero-order chi connectivity index (χ0) is 15.6. The first-order chi connectivity index (χ1) is 9.93. The Hall–Kier alpha value is -2.01. The quantitative estimate of drug-likeness (QED) is 0.665. The van der Waals surface area contributed by atoms with Crippen molar-refractivity contribution in [3.63, 3.8) is 0 Å². The third-order valence-corrected chi connectivity index (χ3v) is 4.33. The lowest BCUT2D eigenvalue weighted by Crippen LogP contribution is -2.05. The van der Waals surface area contributed by atoms with Crippen LogP contribution < -0.4 is 10.5 Å². The van der Waals surface area contributed by atoms with E-state index in [0.29, 0.717) is 22.7 Å². The van der Waals surface area contributed by atoms with Crippen LogP contribution in [0.15, 0.2) is 34.8 Å². The zero-order valence-corrected chi connectivity index (χ0v) is 13.7. The molecule has 2 rings (SSSR count). The van der Waals surface area contributed by atoms with Crippen molar-refractivity contribution in [3.05, 3.63) is 51.5 Å². The van der Waals surface area contributed by atoms with Gasteiger partial charge in [-0.3, -0.25) is 0 Å². The molecule has 0 amide bonds. The molecule has 2 N–H and O–H groups in total. The minimum Gasteiger partial charge on any atom is -0.465 e. The number of anilines is 1. The van der Waals surface area contributed by atoms with Crippen LogP contribution in [0.1, 0.15) is 21.5 Å². The standard InChI is InChI=1S/C16H16BrNO3/c1-9-7-11(8-10(2)14(9)17)21-15-12(16(19)20-3)5-4-6-13(15)18/h4-8H,18H2,1-3H3. The third-order valence-electron chi connectivity index (χ3n) is 3.08. The second-order valence-electron chi connectivity index (χ2n) is 4.69. The molecule has 0 atom stereocenters. The van der Waals surface area contributed by atoms with Gasteiger partial charge in [-0.15, -0.1) is 0 Å². The number of halogens is 1. The molecule has 2 aromatic carbocycles. The summed E-state index contributed by atoms with van der Waals surface area (Å²) in [6.07, 6.45) is 0. The Labute approximate surface area is 132 Å². The van der Waals surface area contributed by atoms with E-state index in [-0.39, 0.29) is 0 Å². The molecule has 0 radical (unpaired) electrons. The van der Waals surface area contributed by atoms with Gasteiger partial charge < -0.3 is 15.2 Å². The first-order valence-corrected chi connectivity index (χ1v) is 7.14. The van der Waals surface area contributed by atoms with Gasteiger partial charge in [0.1, 0.15) is 11.3 Å². The van der Waals surface area contributed by atoms with Crippen LogP contribution in [0, 0.1) is 13.8 Å². The minimum absolute atomic E-state index is 0.302. The number of carbonyl (C=O) groups excluding carboxylic acids is 1. The molecule has 0 saturated carbocycles. The lowest BCUT2D eigenvalue weighted by atomic mass is 10.1. The largest absolute Gasteiger partial charge is 0.465 e. The van der Waals surface area contributed by atoms with Gasteiger partial charge in [0.25, 0.3) is 0 Å². The first kappa shape index (κ1) is 15.4. The summed E-state index contributed by atoms with van der Waals surface area (Å²) >= 11 is 3.51. The monoisotopic (exact) mass is 349 g/mol. The number of nitrogen functional groups attached to an aromatic ring is 1. The molecule has 0 unspecified atom stereocenters. The first-order valence-electron chi connectivity index (χ1n) is 6.35. The average Bonchev–Trinajstić information content (AvgIpc) is 2.46. The molecule has 0 aliphatic rings. The summed E-state index contributed by atoms with van der Waals surface area (Å²) in [6.45, 7) is 3.94. The predicted molar refractivity (Wildman–Crippen MR) is 85.9 cm³/mol. The van der Waals surface area contributed by atoms with Gasteiger partial charge >= 0.3 is 5.97 Å². The molecular formula is C16H16BrNO3. The summed E-state index contributed by atoms with van der Waals surface area (Å²) in [6, 6.07) is 8.75. The normalized spacial score (nSPS) is 10.3. The van der Waals surface area contributed by atoms with Crippen molar-refractivity contribution < 1.29 is 14.3 Å². The van der Waals surface area contributed by atoms with Crippen molar-refractivity contribution in [3.8, 4) is 11.5 Å². The van der Waals surface area contributed by atoms with Crippen LogP contribution in [0.4, 0.5) is 5.69 Å². The Kier molecular flexibility index (Phi) is 4.53. The van der Waals surface area contributed by atoms with Gasteiger partial charge in [-0.05, 0) is 49.2 Å². The molecular weight excluding hydrogens is 334 g/mol. The molecule has 5 heteroatoms. The van der Waals surface area contributed by atoms with E-state index in [4.69, 9.17) is 15.2 Å². The minimum atomic E-state index is -0.483. The fraction of sp³-hybridized carbons (Fsp3) is 0.188. The number of aryl methyl sites for hydroxylation is 2. The van der Waals surface area contributed by atoms with Gasteiger partial charge in [0.15, 0.2) is 5.75 Å². The Morgan fingerprint density at radius 2 is 1.81 bits per heavy atom. The second-order valence-corrected chi connectivity index (χ2v) is 5.48. The smallest absolute Gasteiger partial charge is 0.341 e. The number of methoxy groups -OCH3 is 1. The van der Waals surface area contributed by atoms with Crippen molar-refractivity contribution in [2.45, 2.75) is 13.8 Å². The number of carbonyl (C=O) groups is 1. The number of hydrogen-bond acceptors (Lipinski definition) is 4. The van der Waals surface area contributed by atoms with Crippen LogP contribution in [-0.2, 0) is 4.74 Å². The van der Waals surface area contributed by atoms with Gasteiger partial charge in [-0.2, -0.15) is 0 Å². The lowest BCUT2D eigenvalue weighted by molar-refractivity contribution is 0.0598. The topological polar surface area (TPSA) is 61.5 Å². The van der Waals surface area contributed by atoms with Crippen molar-refractivity contribution in [1.82, 2.24) is 0 Å². The number of ether oxygens (including phenoxy) is 2. The van der Waals surface area contributed by atoms with Gasteiger partial charge in [0.2, 0.25) is 0 Å². The van der Waals surface area contributed by atoms with Crippen LogP contribution in [0.25, 0.3) is 0 Å². The third kappa shape index (κ3) is 3.19. The highest BCUT2D eigenvalue weighted by Gasteiger charge is 2.17. The molecule has 0 heterocycles. The van der Waals surface area contributed by atoms with E-state index in [9.17, 15) is 4.79 Å². The number of esters is 1. The van der Waals surface area contributed by atoms with Crippen LogP contribution in [0.3, 0.4) is 0 Å². The fourth-order valence-electron chi connectivity index (χ4n) is 2.02. The van der Waals surface area contributed by atoms with E-state index in [1.54, 1.807) is 18.2 Å². The SMILES string of the molecule is COC(=O)c1cccc(N)c1Oc1cc(C)c(Br)c(C)c1. The van der Waals surface area contributed by atoms with E-state index in [0.717, 1.165) is 15.6 Å². The lowest BCUT2D eigenvalue weighted by Gasteiger charge is -2.14. The van der Waals surface area contributed by atoms with Crippen LogP contribution >= 0.6 is 15.9 Å². The number of benzene rings is 2. The van der Waals surface area contributed by atoms with Crippen molar-refractivity contribution in [1.29, 1.82) is 0 Å². The fourth-order valence-corrected chi connectivity index (χ4v) is 2.25. The molecule has 0 spiro atoms. The average molecular weight is 350 g/mol. The second kappa shape index (κ2) is 6.18. The molecule has 4 nitrogen and oxygen atoms in total. The summed E-state index contributed by atoms with van der Waals surface area (Å²) in [7, 11) is 1.32. The Bertz CT molecular complexity index is 675. The maximum absolute atomic E-state index is 11.8. The molecule has 21 heavy (non-hydrogen) atoms. The van der Waals surface area contributed by atoms with E-state index >= 15 is 0 Å². The summed E-state index contributed by atoms with van der Waals surface area (Å²) in [5, 5.41) is 0. The Morgan fingerprint density at radius 1 is 1.19 bits per heavy atom. The van der Waals surface area contributed by atoms with Crippen molar-refractivity contribution >= 4 is 27.6 Å². The number of hydrogen-bond donors (Lipinski definition) is 1. The summed E-state index contributed by atoms with van der Waals surface area (Å²) in [5.41, 5.74) is 8.69. The number of nitrogens with two attached hydrogens (primary N) is 1. The molecule has 0 bridgehead atoms. The molecule has 0 aliphatic heterocycles. The van der Waals surface area contributed by atoms with E-state index in [1.165, 1.54) is 7.11 Å². The highest BCUT2D eigenvalue weighted by Crippen LogP contribution is 2.34. The summed E-state index contributed by atoms with van der Waals surface area (Å²) < 4.78 is 11.6. The molecule has 0 fully saturated rings. The van der Waals surface area contributed by atoms with Crippen LogP contribution in [0.5, 0.6) is 11.5 Å². The maximum Gasteiger partial charge on any atom is 0.341 e. The molecule has 2 aromatic rings. The van der Waals surface area contributed by atoms with E-state index < -0.39 is 5.97 Å². The van der Waals surface area contributed by atoms with Crippen LogP contribution in [0.2, 0.25) is 0 Å². The molecule has 0 saturated heterocycles. The van der Waals surface area contributed by atoms with Gasteiger partial charge in [0.05, 0.1) is 12.8 Å². The number of rotatable bonds is 3. The van der Waals surface area contributed by atoms with Crippen LogP contribution in [-0.4, -0.2) is 13.1 Å².